The summed E-state index contributed by atoms with van der Waals surface area (Å²) in [6.07, 6.45) is -2.47. The van der Waals surface area contributed by atoms with Gasteiger partial charge in [-0.05, 0) is 60.3 Å². The highest BCUT2D eigenvalue weighted by Crippen LogP contribution is 2.55. The number of nitrogens with one attached hydrogen (secondary N) is 1. The second-order valence-electron chi connectivity index (χ2n) is 5.30. The highest BCUT2D eigenvalue weighted by molar-refractivity contribution is 8.16. The molecule has 3 aromatic carbocycles. The molecule has 4 rings (SSSR count). The molecule has 0 saturated heterocycles. The molecule has 0 spiro atoms. The van der Waals surface area contributed by atoms with Crippen LogP contribution in [0.25, 0.3) is 0 Å². The molecule has 1 atom stereocenters. The first kappa shape index (κ1) is 15.2. The predicted molar refractivity (Wildman–Crippen MR) is 97.5 cm³/mol. The van der Waals surface area contributed by atoms with Crippen molar-refractivity contribution in [3.63, 3.8) is 0 Å². The maximum atomic E-state index is 13.3. The summed E-state index contributed by atoms with van der Waals surface area (Å²) < 4.78 is 25.0. The number of anilines is 1. The Hall–Kier alpha value is -2.36. The third kappa shape index (κ3) is 2.88. The van der Waals surface area contributed by atoms with Gasteiger partial charge in [0.2, 0.25) is 6.42 Å². The quantitative estimate of drug-likeness (QED) is 0.664. The van der Waals surface area contributed by atoms with Gasteiger partial charge < -0.3 is 14.3 Å². The van der Waals surface area contributed by atoms with Gasteiger partial charge in [-0.25, -0.2) is 4.39 Å². The zero-order chi connectivity index (χ0) is 16.6. The van der Waals surface area contributed by atoms with Crippen LogP contribution in [-0.2, 0) is 11.8 Å². The molecule has 0 aromatic heterocycles. The van der Waals surface area contributed by atoms with E-state index in [2.05, 4.69) is 5.09 Å². The summed E-state index contributed by atoms with van der Waals surface area (Å²) in [4.78, 5) is 0. The lowest BCUT2D eigenvalue weighted by Gasteiger charge is -2.16. The van der Waals surface area contributed by atoms with Crippen LogP contribution in [0.5, 0.6) is 17.2 Å². The Morgan fingerprint density at radius 3 is 2.38 bits per heavy atom. The minimum Gasteiger partial charge on any atom is -0.457 e. The minimum absolute atomic E-state index is 0.320. The van der Waals surface area contributed by atoms with Crippen molar-refractivity contribution in [1.82, 2.24) is 0 Å². The monoisotopic (exact) mass is 357 g/mol. The lowest BCUT2D eigenvalue weighted by Crippen LogP contribution is -2.10. The van der Waals surface area contributed by atoms with Crippen molar-refractivity contribution < 1.29 is 13.7 Å². The van der Waals surface area contributed by atoms with Crippen molar-refractivity contribution in [1.29, 1.82) is 0 Å². The van der Waals surface area contributed by atoms with E-state index in [1.165, 1.54) is 12.1 Å². The third-order valence-electron chi connectivity index (χ3n) is 3.59. The van der Waals surface area contributed by atoms with Gasteiger partial charge >= 0.3 is 0 Å². The summed E-state index contributed by atoms with van der Waals surface area (Å²) in [5.74, 6) is 1.75. The zero-order valence-corrected chi connectivity index (χ0v) is 14.2. The number of halogens is 1. The largest absolute Gasteiger partial charge is 0.457 e. The van der Waals surface area contributed by atoms with Crippen LogP contribution in [0.2, 0.25) is 0 Å². The minimum atomic E-state index is -2.47. The maximum Gasteiger partial charge on any atom is 0.232 e. The molecule has 1 unspecified atom stereocenters. The summed E-state index contributed by atoms with van der Waals surface area (Å²) in [6, 6.07) is 21.4. The Morgan fingerprint density at radius 2 is 1.62 bits per heavy atom. The van der Waals surface area contributed by atoms with Crippen molar-refractivity contribution in [2.45, 2.75) is 0 Å². The van der Waals surface area contributed by atoms with E-state index < -0.39 is 6.42 Å². The van der Waals surface area contributed by atoms with E-state index in [-0.39, 0.29) is 5.82 Å². The molecule has 3 nitrogen and oxygen atoms in total. The van der Waals surface area contributed by atoms with Crippen molar-refractivity contribution >= 4 is 29.2 Å². The van der Waals surface area contributed by atoms with E-state index in [1.807, 2.05) is 54.6 Å². The Balaban J connectivity index is 1.56. The molecule has 1 aliphatic heterocycles. The number of rotatable bonds is 3. The Bertz CT molecular complexity index is 932. The summed E-state index contributed by atoms with van der Waals surface area (Å²) >= 11 is 5.67. The highest BCUT2D eigenvalue weighted by Gasteiger charge is 2.31. The number of hydrogen-bond acceptors (Lipinski definition) is 3. The topological polar surface area (TPSA) is 30.5 Å². The maximum absolute atomic E-state index is 13.3. The predicted octanol–water partition coefficient (Wildman–Crippen LogP) is 5.06. The molecule has 3 aromatic rings. The second-order valence-corrected chi connectivity index (χ2v) is 8.87. The number of fused-ring (bicyclic) bond motifs is 1. The van der Waals surface area contributed by atoms with Crippen LogP contribution >= 0.6 is 6.42 Å². The molecule has 120 valence electrons. The average molecular weight is 357 g/mol. The van der Waals surface area contributed by atoms with Crippen LogP contribution in [0.15, 0.2) is 72.8 Å². The van der Waals surface area contributed by atoms with E-state index in [0.717, 1.165) is 11.1 Å². The van der Waals surface area contributed by atoms with E-state index in [1.54, 1.807) is 6.07 Å². The molecular weight excluding hydrogens is 344 g/mol. The first-order valence-corrected chi connectivity index (χ1v) is 10.1. The lowest BCUT2D eigenvalue weighted by atomic mass is 10.3. The van der Waals surface area contributed by atoms with Gasteiger partial charge in [0, 0.05) is 11.4 Å². The molecule has 0 radical (unpaired) electrons. The fourth-order valence-electron chi connectivity index (χ4n) is 2.44. The van der Waals surface area contributed by atoms with E-state index in [0.29, 0.717) is 17.2 Å². The van der Waals surface area contributed by atoms with Crippen LogP contribution in [-0.4, -0.2) is 0 Å². The number of ether oxygens (including phenoxy) is 1. The standard InChI is InChI=1S/C18H13FNO2PS/c19-13-6-11-18-17(12-13)20-23(24,22-18)16-9-7-15(8-10-16)21-14-4-2-1-3-5-14/h1-12H,(H,20,24). The van der Waals surface area contributed by atoms with Crippen LogP contribution in [0, 0.1) is 5.82 Å². The first-order chi connectivity index (χ1) is 11.6. The van der Waals surface area contributed by atoms with Gasteiger partial charge in [-0.2, -0.15) is 0 Å². The summed E-state index contributed by atoms with van der Waals surface area (Å²) in [7, 11) is 0. The van der Waals surface area contributed by atoms with Crippen LogP contribution in [0.3, 0.4) is 0 Å². The van der Waals surface area contributed by atoms with Crippen molar-refractivity contribution in [3.8, 4) is 17.2 Å². The molecule has 0 fully saturated rings. The fraction of sp³-hybridized carbons (Fsp3) is 0. The van der Waals surface area contributed by atoms with Crippen LogP contribution in [0.4, 0.5) is 10.1 Å². The van der Waals surface area contributed by atoms with Gasteiger partial charge in [0.25, 0.3) is 0 Å². The average Bonchev–Trinajstić information content (AvgIpc) is 2.93. The molecule has 0 bridgehead atoms. The molecule has 6 heteroatoms. The van der Waals surface area contributed by atoms with Crippen LogP contribution in [0.1, 0.15) is 0 Å². The molecular formula is C18H13FNO2PS. The van der Waals surface area contributed by atoms with Gasteiger partial charge in [-0.3, -0.25) is 0 Å². The molecule has 0 saturated carbocycles. The van der Waals surface area contributed by atoms with Gasteiger partial charge in [0.1, 0.15) is 23.1 Å². The van der Waals surface area contributed by atoms with E-state index in [4.69, 9.17) is 21.1 Å². The van der Waals surface area contributed by atoms with Gasteiger partial charge in [0.15, 0.2) is 0 Å². The van der Waals surface area contributed by atoms with E-state index >= 15 is 0 Å². The van der Waals surface area contributed by atoms with Gasteiger partial charge in [0.05, 0.1) is 5.69 Å². The molecule has 24 heavy (non-hydrogen) atoms. The molecule has 0 aliphatic carbocycles. The highest BCUT2D eigenvalue weighted by atomic mass is 32.4. The molecule has 1 aliphatic rings. The summed E-state index contributed by atoms with van der Waals surface area (Å²) in [5, 5.41) is 4.02. The zero-order valence-electron chi connectivity index (χ0n) is 12.5. The Labute approximate surface area is 144 Å². The lowest BCUT2D eigenvalue weighted by molar-refractivity contribution is 0.483. The van der Waals surface area contributed by atoms with Gasteiger partial charge in [-0.15, -0.1) is 0 Å². The number of hydrogen-bond donors (Lipinski definition) is 1. The van der Waals surface area contributed by atoms with Crippen molar-refractivity contribution in [2.24, 2.45) is 0 Å². The molecule has 1 N–H and O–H groups in total. The smallest absolute Gasteiger partial charge is 0.232 e. The normalized spacial score (nSPS) is 18.4. The molecule has 1 heterocycles. The van der Waals surface area contributed by atoms with Crippen molar-refractivity contribution in [3.05, 3.63) is 78.6 Å². The SMILES string of the molecule is Fc1ccc2c(c1)NP(=S)(c1ccc(Oc3ccccc3)cc1)O2. The third-order valence-corrected chi connectivity index (χ3v) is 6.69. The van der Waals surface area contributed by atoms with Crippen molar-refractivity contribution in [2.75, 3.05) is 5.09 Å². The molecule has 0 amide bonds. The second kappa shape index (κ2) is 5.93. The fourth-order valence-corrected chi connectivity index (χ4v) is 5.09. The number of para-hydroxylation sites is 1. The Morgan fingerprint density at radius 1 is 0.917 bits per heavy atom. The Kier molecular flexibility index (Phi) is 3.75. The van der Waals surface area contributed by atoms with Crippen LogP contribution < -0.4 is 19.7 Å². The van der Waals surface area contributed by atoms with E-state index in [9.17, 15) is 4.39 Å². The summed E-state index contributed by atoms with van der Waals surface area (Å²) in [6.45, 7) is 0. The summed E-state index contributed by atoms with van der Waals surface area (Å²) in [5.41, 5.74) is 0.600. The van der Waals surface area contributed by atoms with Gasteiger partial charge in [-0.1, -0.05) is 18.2 Å². The first-order valence-electron chi connectivity index (χ1n) is 7.33. The number of benzene rings is 3.